The van der Waals surface area contributed by atoms with Crippen LogP contribution < -0.4 is 5.32 Å². The molecule has 0 bridgehead atoms. The van der Waals surface area contributed by atoms with Gasteiger partial charge in [0.05, 0.1) is 5.69 Å². The first-order valence-corrected chi connectivity index (χ1v) is 7.84. The van der Waals surface area contributed by atoms with Crippen LogP contribution >= 0.6 is 0 Å². The third-order valence-electron chi connectivity index (χ3n) is 4.69. The monoisotopic (exact) mass is 276 g/mol. The van der Waals surface area contributed by atoms with Crippen molar-refractivity contribution in [1.82, 2.24) is 10.3 Å². The molecule has 1 fully saturated rings. The number of benzene rings is 1. The minimum Gasteiger partial charge on any atom is -0.316 e. The SMILES string of the molecule is c1ccc2c(c1)CC(=C1CCNCC1)c1cccnc1C2. The van der Waals surface area contributed by atoms with Gasteiger partial charge in [-0.2, -0.15) is 0 Å². The maximum atomic E-state index is 4.67. The second-order valence-electron chi connectivity index (χ2n) is 5.95. The lowest BCUT2D eigenvalue weighted by atomic mass is 9.90. The summed E-state index contributed by atoms with van der Waals surface area (Å²) < 4.78 is 0. The Balaban J connectivity index is 1.90. The molecule has 1 aromatic carbocycles. The minimum absolute atomic E-state index is 0.960. The zero-order valence-corrected chi connectivity index (χ0v) is 12.2. The molecule has 21 heavy (non-hydrogen) atoms. The highest BCUT2D eigenvalue weighted by atomic mass is 14.9. The van der Waals surface area contributed by atoms with E-state index in [0.717, 1.165) is 25.9 Å². The standard InChI is InChI=1S/C19H20N2/c1-2-5-16-13-19-17(6-3-9-21-19)18(12-15(16)4-1)14-7-10-20-11-8-14/h1-6,9,20H,7-8,10-13H2. The predicted octanol–water partition coefficient (Wildman–Crippen LogP) is 3.37. The summed E-state index contributed by atoms with van der Waals surface area (Å²) in [7, 11) is 0. The number of fused-ring (bicyclic) bond motifs is 2. The van der Waals surface area contributed by atoms with Gasteiger partial charge < -0.3 is 5.32 Å². The number of aromatic nitrogens is 1. The van der Waals surface area contributed by atoms with Crippen LogP contribution in [0, 0.1) is 0 Å². The fourth-order valence-electron chi connectivity index (χ4n) is 3.57. The van der Waals surface area contributed by atoms with Gasteiger partial charge >= 0.3 is 0 Å². The number of piperidine rings is 1. The molecule has 4 rings (SSSR count). The summed E-state index contributed by atoms with van der Waals surface area (Å²) in [6.07, 6.45) is 6.29. The highest BCUT2D eigenvalue weighted by molar-refractivity contribution is 5.74. The Hall–Kier alpha value is -1.93. The molecule has 1 N–H and O–H groups in total. The Morgan fingerprint density at radius 1 is 0.857 bits per heavy atom. The number of pyridine rings is 1. The van der Waals surface area contributed by atoms with E-state index in [2.05, 4.69) is 46.7 Å². The quantitative estimate of drug-likeness (QED) is 0.798. The van der Waals surface area contributed by atoms with Crippen LogP contribution in [-0.4, -0.2) is 18.1 Å². The fourth-order valence-corrected chi connectivity index (χ4v) is 3.57. The van der Waals surface area contributed by atoms with Crippen molar-refractivity contribution in [3.63, 3.8) is 0 Å². The largest absolute Gasteiger partial charge is 0.316 e. The van der Waals surface area contributed by atoms with E-state index in [4.69, 9.17) is 0 Å². The van der Waals surface area contributed by atoms with Crippen LogP contribution in [0.1, 0.15) is 35.2 Å². The van der Waals surface area contributed by atoms with Gasteiger partial charge in [-0.3, -0.25) is 4.98 Å². The lowest BCUT2D eigenvalue weighted by Gasteiger charge is -2.21. The van der Waals surface area contributed by atoms with Gasteiger partial charge in [-0.1, -0.05) is 35.9 Å². The summed E-state index contributed by atoms with van der Waals surface area (Å²) in [5, 5.41) is 3.46. The van der Waals surface area contributed by atoms with Crippen LogP contribution in [0.15, 0.2) is 48.2 Å². The number of hydrogen-bond donors (Lipinski definition) is 1. The highest BCUT2D eigenvalue weighted by Crippen LogP contribution is 2.34. The van der Waals surface area contributed by atoms with E-state index in [0.29, 0.717) is 0 Å². The van der Waals surface area contributed by atoms with Gasteiger partial charge in [-0.05, 0) is 60.7 Å². The molecule has 0 radical (unpaired) electrons. The van der Waals surface area contributed by atoms with Gasteiger partial charge in [0.1, 0.15) is 0 Å². The van der Waals surface area contributed by atoms with Gasteiger partial charge in [0, 0.05) is 12.6 Å². The Kier molecular flexibility index (Phi) is 3.32. The van der Waals surface area contributed by atoms with Crippen molar-refractivity contribution in [2.24, 2.45) is 0 Å². The summed E-state index contributed by atoms with van der Waals surface area (Å²) in [6, 6.07) is 13.2. The van der Waals surface area contributed by atoms with Gasteiger partial charge in [-0.15, -0.1) is 0 Å². The summed E-state index contributed by atoms with van der Waals surface area (Å²) in [5.74, 6) is 0. The van der Waals surface area contributed by atoms with E-state index < -0.39 is 0 Å². The van der Waals surface area contributed by atoms with E-state index >= 15 is 0 Å². The van der Waals surface area contributed by atoms with Crippen molar-refractivity contribution in [3.8, 4) is 0 Å². The van der Waals surface area contributed by atoms with E-state index in [1.54, 1.807) is 5.57 Å². The van der Waals surface area contributed by atoms with E-state index in [1.807, 2.05) is 6.20 Å². The molecule has 0 spiro atoms. The van der Waals surface area contributed by atoms with E-state index in [1.165, 1.54) is 40.8 Å². The third-order valence-corrected chi connectivity index (χ3v) is 4.69. The molecule has 0 saturated carbocycles. The molecule has 1 aliphatic carbocycles. The van der Waals surface area contributed by atoms with Gasteiger partial charge in [0.15, 0.2) is 0 Å². The molecule has 2 heteroatoms. The molecule has 1 aliphatic heterocycles. The molecule has 0 atom stereocenters. The lowest BCUT2D eigenvalue weighted by Crippen LogP contribution is -2.24. The highest BCUT2D eigenvalue weighted by Gasteiger charge is 2.21. The molecule has 2 aliphatic rings. The Bertz CT molecular complexity index is 692. The molecule has 0 unspecified atom stereocenters. The lowest BCUT2D eigenvalue weighted by molar-refractivity contribution is 0.610. The normalized spacial score (nSPS) is 17.9. The molecule has 2 heterocycles. The van der Waals surface area contributed by atoms with Gasteiger partial charge in [-0.25, -0.2) is 0 Å². The number of nitrogens with zero attached hydrogens (tertiary/aromatic N) is 1. The molecular weight excluding hydrogens is 256 g/mol. The maximum Gasteiger partial charge on any atom is 0.0522 e. The first-order chi connectivity index (χ1) is 10.4. The van der Waals surface area contributed by atoms with Gasteiger partial charge in [0.2, 0.25) is 0 Å². The van der Waals surface area contributed by atoms with Crippen molar-refractivity contribution >= 4 is 5.57 Å². The molecule has 2 nitrogen and oxygen atoms in total. The Morgan fingerprint density at radius 3 is 2.43 bits per heavy atom. The average Bonchev–Trinajstić information content (AvgIpc) is 2.72. The second-order valence-corrected chi connectivity index (χ2v) is 5.95. The van der Waals surface area contributed by atoms with E-state index in [-0.39, 0.29) is 0 Å². The fraction of sp³-hybridized carbons (Fsp3) is 0.316. The topological polar surface area (TPSA) is 24.9 Å². The summed E-state index contributed by atoms with van der Waals surface area (Å²) in [6.45, 7) is 2.21. The molecule has 1 saturated heterocycles. The minimum atomic E-state index is 0.960. The van der Waals surface area contributed by atoms with Crippen LogP contribution in [0.2, 0.25) is 0 Å². The number of allylic oxidation sites excluding steroid dienone is 1. The van der Waals surface area contributed by atoms with Crippen LogP contribution in [0.3, 0.4) is 0 Å². The van der Waals surface area contributed by atoms with Gasteiger partial charge in [0.25, 0.3) is 0 Å². The summed E-state index contributed by atoms with van der Waals surface area (Å²) in [5.41, 5.74) is 8.68. The summed E-state index contributed by atoms with van der Waals surface area (Å²) in [4.78, 5) is 4.67. The molecule has 0 amide bonds. The van der Waals surface area contributed by atoms with Crippen molar-refractivity contribution in [1.29, 1.82) is 0 Å². The van der Waals surface area contributed by atoms with Crippen LogP contribution in [0.5, 0.6) is 0 Å². The zero-order valence-electron chi connectivity index (χ0n) is 12.2. The Labute approximate surface area is 125 Å². The van der Waals surface area contributed by atoms with Crippen molar-refractivity contribution in [3.05, 3.63) is 70.6 Å². The number of nitrogens with one attached hydrogen (secondary N) is 1. The van der Waals surface area contributed by atoms with Crippen molar-refractivity contribution in [2.45, 2.75) is 25.7 Å². The van der Waals surface area contributed by atoms with Crippen molar-refractivity contribution in [2.75, 3.05) is 13.1 Å². The Morgan fingerprint density at radius 2 is 1.62 bits per heavy atom. The van der Waals surface area contributed by atoms with Crippen LogP contribution in [0.4, 0.5) is 0 Å². The summed E-state index contributed by atoms with van der Waals surface area (Å²) >= 11 is 0. The molecule has 106 valence electrons. The van der Waals surface area contributed by atoms with E-state index in [9.17, 15) is 0 Å². The average molecular weight is 276 g/mol. The smallest absolute Gasteiger partial charge is 0.0522 e. The van der Waals surface area contributed by atoms with Crippen LogP contribution in [-0.2, 0) is 12.8 Å². The zero-order chi connectivity index (χ0) is 14.1. The third kappa shape index (κ3) is 2.40. The first-order valence-electron chi connectivity index (χ1n) is 7.84. The van der Waals surface area contributed by atoms with Crippen LogP contribution in [0.25, 0.3) is 5.57 Å². The molecular formula is C19H20N2. The number of rotatable bonds is 0. The number of hydrogen-bond acceptors (Lipinski definition) is 2. The molecule has 2 aromatic rings. The molecule has 1 aromatic heterocycles. The second kappa shape index (κ2) is 5.45. The maximum absolute atomic E-state index is 4.67. The first kappa shape index (κ1) is 12.8. The van der Waals surface area contributed by atoms with Crippen molar-refractivity contribution < 1.29 is 0 Å². The predicted molar refractivity (Wildman–Crippen MR) is 86.2 cm³/mol.